The highest BCUT2D eigenvalue weighted by Crippen LogP contribution is 2.22. The number of hydrogen-bond donors (Lipinski definition) is 0. The molecule has 0 amide bonds. The van der Waals surface area contributed by atoms with Gasteiger partial charge in [-0.05, 0) is 25.5 Å². The van der Waals surface area contributed by atoms with Gasteiger partial charge >= 0.3 is 0 Å². The quantitative estimate of drug-likeness (QED) is 0.806. The molecule has 1 aromatic carbocycles. The number of hydrogen-bond acceptors (Lipinski definition) is 3. The van der Waals surface area contributed by atoms with Gasteiger partial charge in [-0.2, -0.15) is 5.26 Å². The van der Waals surface area contributed by atoms with Crippen molar-refractivity contribution in [2.75, 3.05) is 0 Å². The Bertz CT molecular complexity index is 572. The van der Waals surface area contributed by atoms with Crippen LogP contribution in [0.1, 0.15) is 25.8 Å². The van der Waals surface area contributed by atoms with E-state index in [9.17, 15) is 0 Å². The van der Waals surface area contributed by atoms with Gasteiger partial charge in [0.2, 0.25) is 5.88 Å². The Labute approximate surface area is 101 Å². The van der Waals surface area contributed by atoms with E-state index in [2.05, 4.69) is 11.1 Å². The van der Waals surface area contributed by atoms with Crippen LogP contribution in [0.2, 0.25) is 0 Å². The first-order chi connectivity index (χ1) is 8.24. The van der Waals surface area contributed by atoms with E-state index < -0.39 is 0 Å². The number of pyridine rings is 1. The molecule has 0 saturated heterocycles. The average Bonchev–Trinajstić information content (AvgIpc) is 2.37. The second kappa shape index (κ2) is 4.84. The molecule has 0 fully saturated rings. The van der Waals surface area contributed by atoms with Crippen molar-refractivity contribution in [3.63, 3.8) is 0 Å². The number of nitrogens with zero attached hydrogens (tertiary/aromatic N) is 2. The summed E-state index contributed by atoms with van der Waals surface area (Å²) in [5.41, 5.74) is 1.34. The first kappa shape index (κ1) is 11.4. The molecule has 0 aliphatic carbocycles. The molecule has 3 nitrogen and oxygen atoms in total. The zero-order valence-electron chi connectivity index (χ0n) is 9.97. The van der Waals surface area contributed by atoms with Gasteiger partial charge < -0.3 is 4.74 Å². The minimum atomic E-state index is 0.0655. The van der Waals surface area contributed by atoms with Crippen molar-refractivity contribution in [1.29, 1.82) is 5.26 Å². The summed E-state index contributed by atoms with van der Waals surface area (Å²) in [4.78, 5) is 4.39. The summed E-state index contributed by atoms with van der Waals surface area (Å²) in [5, 5.41) is 10.1. The largest absolute Gasteiger partial charge is 0.474 e. The van der Waals surface area contributed by atoms with Crippen molar-refractivity contribution < 1.29 is 4.74 Å². The van der Waals surface area contributed by atoms with Gasteiger partial charge in [-0.25, -0.2) is 4.98 Å². The number of para-hydroxylation sites is 1. The number of rotatable bonds is 3. The van der Waals surface area contributed by atoms with Crippen molar-refractivity contribution >= 4 is 10.9 Å². The molecule has 0 radical (unpaired) electrons. The van der Waals surface area contributed by atoms with Crippen LogP contribution in [0.5, 0.6) is 5.88 Å². The van der Waals surface area contributed by atoms with Crippen LogP contribution in [0.25, 0.3) is 10.9 Å². The first-order valence-corrected chi connectivity index (χ1v) is 5.71. The zero-order chi connectivity index (χ0) is 12.3. The summed E-state index contributed by atoms with van der Waals surface area (Å²) in [5.74, 6) is 0.431. The van der Waals surface area contributed by atoms with E-state index in [0.29, 0.717) is 11.4 Å². The summed E-state index contributed by atoms with van der Waals surface area (Å²) in [6.07, 6.45) is 0.954. The lowest BCUT2D eigenvalue weighted by Crippen LogP contribution is -2.11. The lowest BCUT2D eigenvalue weighted by atomic mass is 10.1. The van der Waals surface area contributed by atoms with Crippen LogP contribution in [0.3, 0.4) is 0 Å². The van der Waals surface area contributed by atoms with Crippen molar-refractivity contribution in [2.45, 2.75) is 26.4 Å². The van der Waals surface area contributed by atoms with Crippen LogP contribution in [0.15, 0.2) is 30.3 Å². The Morgan fingerprint density at radius 1 is 1.41 bits per heavy atom. The van der Waals surface area contributed by atoms with E-state index in [1.165, 1.54) is 0 Å². The van der Waals surface area contributed by atoms with Crippen LogP contribution in [0, 0.1) is 11.3 Å². The van der Waals surface area contributed by atoms with Crippen LogP contribution in [0.4, 0.5) is 0 Å². The molecule has 1 unspecified atom stereocenters. The maximum Gasteiger partial charge on any atom is 0.232 e. The lowest BCUT2D eigenvalue weighted by Gasteiger charge is -2.13. The maximum atomic E-state index is 9.09. The van der Waals surface area contributed by atoms with Crippen LogP contribution in [-0.2, 0) is 0 Å². The highest BCUT2D eigenvalue weighted by Gasteiger charge is 2.10. The van der Waals surface area contributed by atoms with Gasteiger partial charge in [0.15, 0.2) is 0 Å². The average molecular weight is 226 g/mol. The Kier molecular flexibility index (Phi) is 3.24. The van der Waals surface area contributed by atoms with Crippen molar-refractivity contribution in [1.82, 2.24) is 4.98 Å². The molecular formula is C14H14N2O. The van der Waals surface area contributed by atoms with E-state index in [-0.39, 0.29) is 6.10 Å². The van der Waals surface area contributed by atoms with E-state index >= 15 is 0 Å². The van der Waals surface area contributed by atoms with E-state index in [0.717, 1.165) is 17.3 Å². The zero-order valence-corrected chi connectivity index (χ0v) is 9.97. The predicted molar refractivity (Wildman–Crippen MR) is 66.8 cm³/mol. The molecule has 0 aliphatic rings. The molecule has 3 heteroatoms. The molecule has 17 heavy (non-hydrogen) atoms. The SMILES string of the molecule is CCC(C)Oc1nc2ccccc2cc1C#N. The van der Waals surface area contributed by atoms with E-state index in [1.54, 1.807) is 0 Å². The third kappa shape index (κ3) is 2.36. The topological polar surface area (TPSA) is 45.9 Å². The van der Waals surface area contributed by atoms with Gasteiger partial charge in [0.1, 0.15) is 11.6 Å². The molecule has 0 aliphatic heterocycles. The minimum Gasteiger partial charge on any atom is -0.474 e. The molecule has 2 rings (SSSR count). The molecule has 1 aromatic heterocycles. The predicted octanol–water partition coefficient (Wildman–Crippen LogP) is 3.28. The fourth-order valence-electron chi connectivity index (χ4n) is 1.54. The summed E-state index contributed by atoms with van der Waals surface area (Å²) in [7, 11) is 0. The second-order valence-corrected chi connectivity index (χ2v) is 3.98. The molecule has 1 heterocycles. The Morgan fingerprint density at radius 2 is 2.18 bits per heavy atom. The molecular weight excluding hydrogens is 212 g/mol. The lowest BCUT2D eigenvalue weighted by molar-refractivity contribution is 0.209. The van der Waals surface area contributed by atoms with Crippen LogP contribution < -0.4 is 4.74 Å². The summed E-state index contributed by atoms with van der Waals surface area (Å²) in [6, 6.07) is 11.7. The smallest absolute Gasteiger partial charge is 0.232 e. The third-order valence-electron chi connectivity index (χ3n) is 2.70. The molecule has 1 atom stereocenters. The van der Waals surface area contributed by atoms with E-state index in [1.807, 2.05) is 44.2 Å². The monoisotopic (exact) mass is 226 g/mol. The Morgan fingerprint density at radius 3 is 2.88 bits per heavy atom. The van der Waals surface area contributed by atoms with Crippen LogP contribution in [-0.4, -0.2) is 11.1 Å². The van der Waals surface area contributed by atoms with Gasteiger partial charge in [0, 0.05) is 5.39 Å². The van der Waals surface area contributed by atoms with Crippen molar-refractivity contribution in [3.05, 3.63) is 35.9 Å². The van der Waals surface area contributed by atoms with E-state index in [4.69, 9.17) is 10.00 Å². The third-order valence-corrected chi connectivity index (χ3v) is 2.70. The van der Waals surface area contributed by atoms with Gasteiger partial charge in [-0.1, -0.05) is 25.1 Å². The van der Waals surface area contributed by atoms with Crippen molar-refractivity contribution in [2.24, 2.45) is 0 Å². The molecule has 0 N–H and O–H groups in total. The number of benzene rings is 1. The summed E-state index contributed by atoms with van der Waals surface area (Å²) >= 11 is 0. The Hall–Kier alpha value is -2.08. The van der Waals surface area contributed by atoms with Gasteiger partial charge in [-0.3, -0.25) is 0 Å². The minimum absolute atomic E-state index is 0.0655. The number of fused-ring (bicyclic) bond motifs is 1. The summed E-state index contributed by atoms with van der Waals surface area (Å²) in [6.45, 7) is 4.01. The molecule has 86 valence electrons. The molecule has 2 aromatic rings. The Balaban J connectivity index is 2.50. The normalized spacial score (nSPS) is 12.1. The van der Waals surface area contributed by atoms with Gasteiger partial charge in [0.25, 0.3) is 0 Å². The number of nitriles is 1. The number of aromatic nitrogens is 1. The van der Waals surface area contributed by atoms with Crippen LogP contribution >= 0.6 is 0 Å². The maximum absolute atomic E-state index is 9.09. The van der Waals surface area contributed by atoms with Gasteiger partial charge in [0.05, 0.1) is 11.6 Å². The fraction of sp³-hybridized carbons (Fsp3) is 0.286. The molecule has 0 bridgehead atoms. The summed E-state index contributed by atoms with van der Waals surface area (Å²) < 4.78 is 5.66. The molecule has 0 spiro atoms. The number of ether oxygens (including phenoxy) is 1. The van der Waals surface area contributed by atoms with Crippen molar-refractivity contribution in [3.8, 4) is 11.9 Å². The highest BCUT2D eigenvalue weighted by atomic mass is 16.5. The standard InChI is InChI=1S/C14H14N2O/c1-3-10(2)17-14-12(9-15)8-11-6-4-5-7-13(11)16-14/h4-8,10H,3H2,1-2H3. The molecule has 0 saturated carbocycles. The fourth-order valence-corrected chi connectivity index (χ4v) is 1.54. The highest BCUT2D eigenvalue weighted by molar-refractivity contribution is 5.80. The first-order valence-electron chi connectivity index (χ1n) is 5.71. The second-order valence-electron chi connectivity index (χ2n) is 3.98. The van der Waals surface area contributed by atoms with Gasteiger partial charge in [-0.15, -0.1) is 0 Å².